The highest BCUT2D eigenvalue weighted by Crippen LogP contribution is 2.29. The number of amides is 2. The third-order valence-corrected chi connectivity index (χ3v) is 3.51. The Kier molecular flexibility index (Phi) is 5.49. The Labute approximate surface area is 138 Å². The SMILES string of the molecule is Cc1ccc(NC(=O)NC(C)Cc2ccc(C(F)(F)F)cc2)cc1. The zero-order valence-corrected chi connectivity index (χ0v) is 13.4. The number of rotatable bonds is 4. The summed E-state index contributed by atoms with van der Waals surface area (Å²) >= 11 is 0. The van der Waals surface area contributed by atoms with Crippen LogP contribution in [0.2, 0.25) is 0 Å². The molecule has 2 aromatic rings. The molecule has 2 amide bonds. The van der Waals surface area contributed by atoms with Crippen molar-refractivity contribution in [2.75, 3.05) is 5.32 Å². The van der Waals surface area contributed by atoms with Gasteiger partial charge in [-0.25, -0.2) is 4.79 Å². The fraction of sp³-hybridized carbons (Fsp3) is 0.278. The molecule has 0 spiro atoms. The maximum absolute atomic E-state index is 12.5. The van der Waals surface area contributed by atoms with Crippen molar-refractivity contribution < 1.29 is 18.0 Å². The predicted molar refractivity (Wildman–Crippen MR) is 87.9 cm³/mol. The van der Waals surface area contributed by atoms with E-state index in [4.69, 9.17) is 0 Å². The van der Waals surface area contributed by atoms with Gasteiger partial charge >= 0.3 is 12.2 Å². The molecule has 1 atom stereocenters. The van der Waals surface area contributed by atoms with Crippen molar-refractivity contribution in [3.8, 4) is 0 Å². The number of anilines is 1. The van der Waals surface area contributed by atoms with E-state index in [1.807, 2.05) is 19.1 Å². The van der Waals surface area contributed by atoms with Crippen LogP contribution in [-0.4, -0.2) is 12.1 Å². The quantitative estimate of drug-likeness (QED) is 0.830. The lowest BCUT2D eigenvalue weighted by atomic mass is 10.1. The van der Waals surface area contributed by atoms with Crippen molar-refractivity contribution in [1.82, 2.24) is 5.32 Å². The van der Waals surface area contributed by atoms with Crippen molar-refractivity contribution in [1.29, 1.82) is 0 Å². The molecule has 0 aliphatic rings. The summed E-state index contributed by atoms with van der Waals surface area (Å²) < 4.78 is 37.6. The number of hydrogen-bond donors (Lipinski definition) is 2. The van der Waals surface area contributed by atoms with Gasteiger partial charge in [0.25, 0.3) is 0 Å². The van der Waals surface area contributed by atoms with Crippen molar-refractivity contribution in [2.45, 2.75) is 32.5 Å². The Morgan fingerprint density at radius 2 is 1.62 bits per heavy atom. The molecule has 3 nitrogen and oxygen atoms in total. The molecule has 24 heavy (non-hydrogen) atoms. The zero-order valence-electron chi connectivity index (χ0n) is 13.4. The van der Waals surface area contributed by atoms with Gasteiger partial charge in [-0.2, -0.15) is 13.2 Å². The summed E-state index contributed by atoms with van der Waals surface area (Å²) in [5, 5.41) is 5.48. The van der Waals surface area contributed by atoms with Crippen molar-refractivity contribution in [3.63, 3.8) is 0 Å². The number of carbonyl (C=O) groups excluding carboxylic acids is 1. The van der Waals surface area contributed by atoms with Gasteiger partial charge in [0.1, 0.15) is 0 Å². The first kappa shape index (κ1) is 17.8. The lowest BCUT2D eigenvalue weighted by Gasteiger charge is -2.15. The summed E-state index contributed by atoms with van der Waals surface area (Å²) in [5.74, 6) is 0. The first-order valence-corrected chi connectivity index (χ1v) is 7.54. The van der Waals surface area contributed by atoms with E-state index in [1.54, 1.807) is 19.1 Å². The standard InChI is InChI=1S/C18H19F3N2O/c1-12-3-9-16(10-4-12)23-17(24)22-13(2)11-14-5-7-15(8-6-14)18(19,20)21/h3-10,13H,11H2,1-2H3,(H2,22,23,24). The normalized spacial score (nSPS) is 12.5. The van der Waals surface area contributed by atoms with Crippen LogP contribution in [0.15, 0.2) is 48.5 Å². The fourth-order valence-corrected chi connectivity index (χ4v) is 2.26. The molecular weight excluding hydrogens is 317 g/mol. The Morgan fingerprint density at radius 3 is 2.17 bits per heavy atom. The molecule has 2 aromatic carbocycles. The van der Waals surface area contributed by atoms with Gasteiger partial charge in [-0.05, 0) is 50.1 Å². The maximum Gasteiger partial charge on any atom is 0.416 e. The summed E-state index contributed by atoms with van der Waals surface area (Å²) in [4.78, 5) is 11.9. The first-order chi connectivity index (χ1) is 11.2. The average Bonchev–Trinajstić information content (AvgIpc) is 2.49. The third kappa shape index (κ3) is 5.30. The van der Waals surface area contributed by atoms with E-state index in [0.717, 1.165) is 23.3 Å². The van der Waals surface area contributed by atoms with Crippen LogP contribution < -0.4 is 10.6 Å². The van der Waals surface area contributed by atoms with E-state index in [-0.39, 0.29) is 12.1 Å². The van der Waals surface area contributed by atoms with Crippen LogP contribution in [0, 0.1) is 6.92 Å². The van der Waals surface area contributed by atoms with Crippen molar-refractivity contribution in [2.24, 2.45) is 0 Å². The average molecular weight is 336 g/mol. The topological polar surface area (TPSA) is 41.1 Å². The Bertz CT molecular complexity index is 679. The van der Waals surface area contributed by atoms with Crippen LogP contribution in [0.3, 0.4) is 0 Å². The smallest absolute Gasteiger partial charge is 0.335 e. The number of carbonyl (C=O) groups is 1. The Hall–Kier alpha value is -2.50. The van der Waals surface area contributed by atoms with Crippen LogP contribution in [0.25, 0.3) is 0 Å². The molecule has 0 saturated heterocycles. The Morgan fingerprint density at radius 1 is 1.04 bits per heavy atom. The lowest BCUT2D eigenvalue weighted by Crippen LogP contribution is -2.37. The van der Waals surface area contributed by atoms with Gasteiger partial charge in [0.15, 0.2) is 0 Å². The molecule has 0 aliphatic carbocycles. The summed E-state index contributed by atoms with van der Waals surface area (Å²) in [5.41, 5.74) is 1.83. The molecular formula is C18H19F3N2O. The number of nitrogens with one attached hydrogen (secondary N) is 2. The van der Waals surface area contributed by atoms with E-state index < -0.39 is 11.7 Å². The number of alkyl halides is 3. The summed E-state index contributed by atoms with van der Waals surface area (Å²) in [6, 6.07) is 11.8. The molecule has 2 N–H and O–H groups in total. The second-order valence-electron chi connectivity index (χ2n) is 5.76. The van der Waals surface area contributed by atoms with Gasteiger partial charge in [0.05, 0.1) is 5.56 Å². The van der Waals surface area contributed by atoms with Crippen molar-refractivity contribution in [3.05, 3.63) is 65.2 Å². The fourth-order valence-electron chi connectivity index (χ4n) is 2.26. The van der Waals surface area contributed by atoms with E-state index in [2.05, 4.69) is 10.6 Å². The van der Waals surface area contributed by atoms with Crippen LogP contribution in [0.1, 0.15) is 23.6 Å². The molecule has 0 fully saturated rings. The van der Waals surface area contributed by atoms with Gasteiger partial charge in [0.2, 0.25) is 0 Å². The summed E-state index contributed by atoms with van der Waals surface area (Å²) in [6.45, 7) is 3.75. The number of aryl methyl sites for hydroxylation is 1. The second kappa shape index (κ2) is 7.38. The van der Waals surface area contributed by atoms with E-state index >= 15 is 0 Å². The van der Waals surface area contributed by atoms with E-state index in [0.29, 0.717) is 12.1 Å². The zero-order chi connectivity index (χ0) is 17.7. The molecule has 1 unspecified atom stereocenters. The van der Waals surface area contributed by atoms with Gasteiger partial charge < -0.3 is 10.6 Å². The molecule has 0 saturated carbocycles. The molecule has 2 rings (SSSR count). The Balaban J connectivity index is 1.87. The molecule has 128 valence electrons. The molecule has 0 aliphatic heterocycles. The van der Waals surface area contributed by atoms with Gasteiger partial charge in [0, 0.05) is 11.7 Å². The number of halogens is 3. The number of benzene rings is 2. The largest absolute Gasteiger partial charge is 0.416 e. The highest BCUT2D eigenvalue weighted by Gasteiger charge is 2.29. The molecule has 0 heterocycles. The number of urea groups is 1. The van der Waals surface area contributed by atoms with Crippen LogP contribution in [0.4, 0.5) is 23.7 Å². The highest BCUT2D eigenvalue weighted by molar-refractivity contribution is 5.89. The lowest BCUT2D eigenvalue weighted by molar-refractivity contribution is -0.137. The predicted octanol–water partition coefficient (Wildman–Crippen LogP) is 4.77. The van der Waals surface area contributed by atoms with E-state index in [1.165, 1.54) is 12.1 Å². The molecule has 0 aromatic heterocycles. The minimum absolute atomic E-state index is 0.216. The molecule has 0 radical (unpaired) electrons. The van der Waals surface area contributed by atoms with Crippen molar-refractivity contribution >= 4 is 11.7 Å². The summed E-state index contributed by atoms with van der Waals surface area (Å²) in [7, 11) is 0. The van der Waals surface area contributed by atoms with Gasteiger partial charge in [-0.15, -0.1) is 0 Å². The first-order valence-electron chi connectivity index (χ1n) is 7.54. The van der Waals surface area contributed by atoms with E-state index in [9.17, 15) is 18.0 Å². The van der Waals surface area contributed by atoms with Gasteiger partial charge in [-0.3, -0.25) is 0 Å². The minimum Gasteiger partial charge on any atom is -0.335 e. The molecule has 0 bridgehead atoms. The second-order valence-corrected chi connectivity index (χ2v) is 5.76. The number of hydrogen-bond acceptors (Lipinski definition) is 1. The van der Waals surface area contributed by atoms with Crippen LogP contribution in [-0.2, 0) is 12.6 Å². The van der Waals surface area contributed by atoms with Crippen LogP contribution in [0.5, 0.6) is 0 Å². The summed E-state index contributed by atoms with van der Waals surface area (Å²) in [6.07, 6.45) is -3.89. The third-order valence-electron chi connectivity index (χ3n) is 3.51. The monoisotopic (exact) mass is 336 g/mol. The molecule has 6 heteroatoms. The highest BCUT2D eigenvalue weighted by atomic mass is 19.4. The maximum atomic E-state index is 12.5. The minimum atomic E-state index is -4.34. The van der Waals surface area contributed by atoms with Gasteiger partial charge in [-0.1, -0.05) is 29.8 Å². The van der Waals surface area contributed by atoms with Crippen LogP contribution >= 0.6 is 0 Å².